The number of nitrogens with zero attached hydrogens (tertiary/aromatic N) is 2. The van der Waals surface area contributed by atoms with E-state index in [2.05, 4.69) is 9.97 Å². The zero-order valence-corrected chi connectivity index (χ0v) is 11.5. The molecule has 0 atom stereocenters. The summed E-state index contributed by atoms with van der Waals surface area (Å²) >= 11 is 11.6. The van der Waals surface area contributed by atoms with Gasteiger partial charge in [0.15, 0.2) is 0 Å². The van der Waals surface area contributed by atoms with Gasteiger partial charge in [-0.15, -0.1) is 0 Å². The second kappa shape index (κ2) is 5.50. The third-order valence-electron chi connectivity index (χ3n) is 2.41. The van der Waals surface area contributed by atoms with E-state index in [0.717, 1.165) is 0 Å². The number of hydrogen-bond donors (Lipinski definition) is 1. The normalized spacial score (nSPS) is 11.5. The summed E-state index contributed by atoms with van der Waals surface area (Å²) in [6.45, 7) is 0. The number of halogens is 5. The molecule has 0 aliphatic rings. The average Bonchev–Trinajstić information content (AvgIpc) is 2.40. The third-order valence-corrected chi connectivity index (χ3v) is 2.98. The number of aromatic carboxylic acids is 1. The fraction of sp³-hybridized carbons (Fsp3) is 0.0833. The minimum atomic E-state index is -4.81. The van der Waals surface area contributed by atoms with Crippen molar-refractivity contribution in [3.05, 3.63) is 45.8 Å². The van der Waals surface area contributed by atoms with Crippen molar-refractivity contribution in [1.29, 1.82) is 0 Å². The van der Waals surface area contributed by atoms with Crippen molar-refractivity contribution in [1.82, 2.24) is 9.97 Å². The highest BCUT2D eigenvalue weighted by Gasteiger charge is 2.34. The van der Waals surface area contributed by atoms with Crippen LogP contribution >= 0.6 is 23.2 Å². The molecule has 0 amide bonds. The molecule has 0 radical (unpaired) electrons. The summed E-state index contributed by atoms with van der Waals surface area (Å²) in [7, 11) is 0. The predicted molar refractivity (Wildman–Crippen MR) is 69.4 cm³/mol. The predicted octanol–water partition coefficient (Wildman–Crippen LogP) is 4.17. The summed E-state index contributed by atoms with van der Waals surface area (Å²) in [5.41, 5.74) is -1.57. The van der Waals surface area contributed by atoms with Gasteiger partial charge in [-0.1, -0.05) is 23.2 Å². The van der Waals surface area contributed by atoms with Gasteiger partial charge in [0.1, 0.15) is 5.69 Å². The van der Waals surface area contributed by atoms with Crippen molar-refractivity contribution < 1.29 is 23.1 Å². The second-order valence-corrected chi connectivity index (χ2v) is 4.73. The third kappa shape index (κ3) is 3.43. The lowest BCUT2D eigenvalue weighted by Gasteiger charge is -2.10. The van der Waals surface area contributed by atoms with Crippen molar-refractivity contribution in [2.75, 3.05) is 0 Å². The molecule has 2 aromatic rings. The van der Waals surface area contributed by atoms with E-state index in [0.29, 0.717) is 6.07 Å². The fourth-order valence-electron chi connectivity index (χ4n) is 1.52. The molecule has 1 heterocycles. The quantitative estimate of drug-likeness (QED) is 0.893. The summed E-state index contributed by atoms with van der Waals surface area (Å²) in [4.78, 5) is 17.4. The maximum absolute atomic E-state index is 12.8. The van der Waals surface area contributed by atoms with Crippen LogP contribution in [-0.4, -0.2) is 21.0 Å². The van der Waals surface area contributed by atoms with E-state index in [1.54, 1.807) is 0 Å². The van der Waals surface area contributed by atoms with Crippen molar-refractivity contribution in [2.24, 2.45) is 0 Å². The van der Waals surface area contributed by atoms with Crippen LogP contribution in [0, 0.1) is 0 Å². The van der Waals surface area contributed by atoms with Crippen molar-refractivity contribution in [3.63, 3.8) is 0 Å². The molecular formula is C12H5Cl2F3N2O2. The van der Waals surface area contributed by atoms with E-state index >= 15 is 0 Å². The SMILES string of the molecule is O=C(O)c1nc(-c2cc(Cl)ccc2Cl)cc(C(F)(F)F)n1. The molecule has 0 saturated carbocycles. The Kier molecular flexibility index (Phi) is 4.06. The highest BCUT2D eigenvalue weighted by Crippen LogP contribution is 2.33. The molecule has 0 unspecified atom stereocenters. The van der Waals surface area contributed by atoms with Gasteiger partial charge in [-0.3, -0.25) is 0 Å². The molecule has 1 aromatic heterocycles. The summed E-state index contributed by atoms with van der Waals surface area (Å²) in [6, 6.07) is 4.72. The number of benzene rings is 1. The standard InChI is InChI=1S/C12H5Cl2F3N2O2/c13-5-1-2-7(14)6(3-5)8-4-9(12(15,16)17)19-10(18-8)11(20)21/h1-4H,(H,20,21). The molecule has 0 aliphatic heterocycles. The van der Waals surface area contributed by atoms with Gasteiger partial charge in [0.05, 0.1) is 10.7 Å². The Balaban J connectivity index is 2.71. The van der Waals surface area contributed by atoms with Gasteiger partial charge in [-0.05, 0) is 24.3 Å². The average molecular weight is 337 g/mol. The van der Waals surface area contributed by atoms with E-state index < -0.39 is 23.7 Å². The smallest absolute Gasteiger partial charge is 0.433 e. The summed E-state index contributed by atoms with van der Waals surface area (Å²) < 4.78 is 38.3. The van der Waals surface area contributed by atoms with E-state index in [9.17, 15) is 18.0 Å². The van der Waals surface area contributed by atoms with Gasteiger partial charge in [0.25, 0.3) is 0 Å². The molecule has 0 fully saturated rings. The minimum absolute atomic E-state index is 0.0829. The van der Waals surface area contributed by atoms with E-state index in [-0.39, 0.29) is 21.3 Å². The lowest BCUT2D eigenvalue weighted by Crippen LogP contribution is -2.14. The number of rotatable bonds is 2. The van der Waals surface area contributed by atoms with E-state index in [1.807, 2.05) is 0 Å². The molecule has 0 spiro atoms. The van der Waals surface area contributed by atoms with Crippen LogP contribution in [0.1, 0.15) is 16.3 Å². The van der Waals surface area contributed by atoms with E-state index in [4.69, 9.17) is 28.3 Å². The molecular weight excluding hydrogens is 332 g/mol. The zero-order valence-electron chi connectivity index (χ0n) is 9.95. The summed E-state index contributed by atoms with van der Waals surface area (Å²) in [6.07, 6.45) is -4.81. The van der Waals surface area contributed by atoms with Crippen LogP contribution in [0.15, 0.2) is 24.3 Å². The van der Waals surface area contributed by atoms with Crippen LogP contribution in [-0.2, 0) is 6.18 Å². The second-order valence-electron chi connectivity index (χ2n) is 3.89. The van der Waals surface area contributed by atoms with Crippen LogP contribution in [0.4, 0.5) is 13.2 Å². The van der Waals surface area contributed by atoms with Crippen LogP contribution in [0.3, 0.4) is 0 Å². The number of carbonyl (C=O) groups is 1. The Morgan fingerprint density at radius 3 is 2.38 bits per heavy atom. The van der Waals surface area contributed by atoms with Crippen LogP contribution in [0.5, 0.6) is 0 Å². The number of carboxylic acids is 1. The first-order valence-electron chi connectivity index (χ1n) is 5.33. The van der Waals surface area contributed by atoms with Gasteiger partial charge in [0.2, 0.25) is 5.82 Å². The Hall–Kier alpha value is -1.86. The number of carboxylic acid groups (broad SMARTS) is 1. The van der Waals surface area contributed by atoms with Crippen LogP contribution < -0.4 is 0 Å². The monoisotopic (exact) mass is 336 g/mol. The van der Waals surface area contributed by atoms with Gasteiger partial charge >= 0.3 is 12.1 Å². The summed E-state index contributed by atoms with van der Waals surface area (Å²) in [5, 5.41) is 9.13. The molecule has 110 valence electrons. The number of hydrogen-bond acceptors (Lipinski definition) is 3. The topological polar surface area (TPSA) is 63.1 Å². The Bertz CT molecular complexity index is 720. The summed E-state index contributed by atoms with van der Waals surface area (Å²) in [5.74, 6) is -2.66. The van der Waals surface area contributed by atoms with E-state index in [1.165, 1.54) is 18.2 Å². The van der Waals surface area contributed by atoms with Crippen molar-refractivity contribution in [2.45, 2.75) is 6.18 Å². The number of aromatic nitrogens is 2. The highest BCUT2D eigenvalue weighted by atomic mass is 35.5. The van der Waals surface area contributed by atoms with Gasteiger partial charge in [-0.25, -0.2) is 14.8 Å². The fourth-order valence-corrected chi connectivity index (χ4v) is 1.91. The molecule has 4 nitrogen and oxygen atoms in total. The first-order chi connectivity index (χ1) is 9.68. The molecule has 21 heavy (non-hydrogen) atoms. The largest absolute Gasteiger partial charge is 0.475 e. The molecule has 0 aliphatic carbocycles. The Morgan fingerprint density at radius 2 is 1.81 bits per heavy atom. The lowest BCUT2D eigenvalue weighted by molar-refractivity contribution is -0.141. The van der Waals surface area contributed by atoms with Crippen LogP contribution in [0.25, 0.3) is 11.3 Å². The first-order valence-corrected chi connectivity index (χ1v) is 6.09. The van der Waals surface area contributed by atoms with Gasteiger partial charge in [-0.2, -0.15) is 13.2 Å². The first kappa shape index (κ1) is 15.5. The Morgan fingerprint density at radius 1 is 1.14 bits per heavy atom. The van der Waals surface area contributed by atoms with Gasteiger partial charge in [0, 0.05) is 10.6 Å². The molecule has 1 N–H and O–H groups in total. The minimum Gasteiger partial charge on any atom is -0.475 e. The molecule has 0 bridgehead atoms. The highest BCUT2D eigenvalue weighted by molar-refractivity contribution is 6.35. The molecule has 2 rings (SSSR count). The van der Waals surface area contributed by atoms with Gasteiger partial charge < -0.3 is 5.11 Å². The molecule has 1 aromatic carbocycles. The lowest BCUT2D eigenvalue weighted by atomic mass is 10.1. The Labute approximate surface area is 126 Å². The molecule has 9 heteroatoms. The zero-order chi connectivity index (χ0) is 15.8. The maximum Gasteiger partial charge on any atom is 0.433 e. The number of alkyl halides is 3. The van der Waals surface area contributed by atoms with Crippen LogP contribution in [0.2, 0.25) is 10.0 Å². The maximum atomic E-state index is 12.8. The van der Waals surface area contributed by atoms with Crippen molar-refractivity contribution in [3.8, 4) is 11.3 Å². The van der Waals surface area contributed by atoms with Crippen molar-refractivity contribution >= 4 is 29.2 Å². The molecule has 0 saturated heterocycles.